The van der Waals surface area contributed by atoms with E-state index in [4.69, 9.17) is 23.2 Å². The summed E-state index contributed by atoms with van der Waals surface area (Å²) in [4.78, 5) is 21.8. The maximum Gasteiger partial charge on any atom is 0.258 e. The Labute approximate surface area is 206 Å². The van der Waals surface area contributed by atoms with Gasteiger partial charge in [0.05, 0.1) is 33.6 Å². The van der Waals surface area contributed by atoms with E-state index in [1.165, 1.54) is 6.33 Å². The monoisotopic (exact) mass is 541 g/mol. The van der Waals surface area contributed by atoms with Crippen LogP contribution in [0.4, 0.5) is 5.82 Å². The van der Waals surface area contributed by atoms with Crippen molar-refractivity contribution in [3.8, 4) is 11.5 Å². The van der Waals surface area contributed by atoms with Gasteiger partial charge in [-0.2, -0.15) is 14.9 Å². The lowest BCUT2D eigenvalue weighted by atomic mass is 10.2. The third-order valence-electron chi connectivity index (χ3n) is 4.84. The predicted molar refractivity (Wildman–Crippen MR) is 131 cm³/mol. The van der Waals surface area contributed by atoms with Crippen molar-refractivity contribution >= 4 is 61.9 Å². The maximum absolute atomic E-state index is 12.9. The second kappa shape index (κ2) is 8.58. The Balaban J connectivity index is 1.58. The first-order valence-corrected chi connectivity index (χ1v) is 11.2. The minimum absolute atomic E-state index is 0.332. The maximum atomic E-state index is 12.9. The molecule has 0 saturated carbocycles. The van der Waals surface area contributed by atoms with E-state index < -0.39 is 0 Å². The van der Waals surface area contributed by atoms with E-state index in [2.05, 4.69) is 41.4 Å². The molecule has 1 N–H and O–H groups in total. The second-order valence-electron chi connectivity index (χ2n) is 7.13. The van der Waals surface area contributed by atoms with Crippen molar-refractivity contribution < 1.29 is 4.79 Å². The van der Waals surface area contributed by atoms with Crippen LogP contribution in [0.2, 0.25) is 10.0 Å². The van der Waals surface area contributed by atoms with Gasteiger partial charge in [-0.05, 0) is 43.3 Å². The van der Waals surface area contributed by atoms with Gasteiger partial charge in [0.15, 0.2) is 11.5 Å². The summed E-state index contributed by atoms with van der Waals surface area (Å²) in [7, 11) is 0. The van der Waals surface area contributed by atoms with Crippen LogP contribution < -0.4 is 5.32 Å². The van der Waals surface area contributed by atoms with E-state index in [9.17, 15) is 4.79 Å². The molecular weight excluding hydrogens is 529 g/mol. The quantitative estimate of drug-likeness (QED) is 0.318. The first-order valence-electron chi connectivity index (χ1n) is 9.69. The average Bonchev–Trinajstić information content (AvgIpc) is 3.38. The summed E-state index contributed by atoms with van der Waals surface area (Å²) >= 11 is 15.7. The Hall–Kier alpha value is -3.27. The number of benzene rings is 2. The lowest BCUT2D eigenvalue weighted by molar-refractivity contribution is 0.102. The third-order valence-corrected chi connectivity index (χ3v) is 5.90. The third kappa shape index (κ3) is 4.10. The predicted octanol–water partition coefficient (Wildman–Crippen LogP) is 5.63. The molecule has 0 aliphatic rings. The first-order chi connectivity index (χ1) is 15.9. The van der Waals surface area contributed by atoms with Gasteiger partial charge in [-0.25, -0.2) is 14.6 Å². The normalized spacial score (nSPS) is 11.2. The van der Waals surface area contributed by atoms with Gasteiger partial charge in [0.2, 0.25) is 0 Å². The molecule has 0 radical (unpaired) electrons. The fourth-order valence-corrected chi connectivity index (χ4v) is 4.15. The van der Waals surface area contributed by atoms with E-state index in [1.54, 1.807) is 52.0 Å². The molecular formula is C22H14BrCl2N7O. The molecule has 0 spiro atoms. The van der Waals surface area contributed by atoms with Crippen LogP contribution in [0.3, 0.4) is 0 Å². The Morgan fingerprint density at radius 1 is 1.06 bits per heavy atom. The van der Waals surface area contributed by atoms with Gasteiger partial charge >= 0.3 is 0 Å². The highest BCUT2D eigenvalue weighted by Crippen LogP contribution is 2.26. The van der Waals surface area contributed by atoms with Crippen LogP contribution in [0.25, 0.3) is 22.5 Å². The van der Waals surface area contributed by atoms with Gasteiger partial charge in [-0.15, -0.1) is 0 Å². The highest BCUT2D eigenvalue weighted by atomic mass is 79.9. The van der Waals surface area contributed by atoms with Crippen LogP contribution in [-0.2, 0) is 0 Å². The molecule has 0 bridgehead atoms. The number of aryl methyl sites for hydroxylation is 1. The van der Waals surface area contributed by atoms with Crippen molar-refractivity contribution in [1.82, 2.24) is 29.5 Å². The van der Waals surface area contributed by atoms with Gasteiger partial charge in [0.1, 0.15) is 12.1 Å². The molecule has 164 valence electrons. The van der Waals surface area contributed by atoms with Gasteiger partial charge < -0.3 is 5.32 Å². The number of nitrogens with one attached hydrogen (secondary N) is 1. The van der Waals surface area contributed by atoms with Crippen LogP contribution in [-0.4, -0.2) is 35.4 Å². The summed E-state index contributed by atoms with van der Waals surface area (Å²) in [6.07, 6.45) is 3.08. The van der Waals surface area contributed by atoms with E-state index in [1.807, 2.05) is 19.1 Å². The molecule has 0 saturated heterocycles. The molecule has 0 atom stereocenters. The fourth-order valence-electron chi connectivity index (χ4n) is 3.40. The largest absolute Gasteiger partial charge is 0.306 e. The molecule has 1 amide bonds. The van der Waals surface area contributed by atoms with Crippen LogP contribution in [0.5, 0.6) is 0 Å². The number of carbonyl (C=O) groups is 1. The number of aromatic nitrogens is 6. The van der Waals surface area contributed by atoms with Gasteiger partial charge in [0, 0.05) is 15.6 Å². The first kappa shape index (κ1) is 21.6. The molecule has 0 aliphatic carbocycles. The Bertz CT molecular complexity index is 1530. The number of rotatable bonds is 4. The number of fused-ring (bicyclic) bond motifs is 1. The molecule has 3 heterocycles. The Kier molecular flexibility index (Phi) is 5.61. The Morgan fingerprint density at radius 3 is 2.73 bits per heavy atom. The zero-order valence-electron chi connectivity index (χ0n) is 17.0. The van der Waals surface area contributed by atoms with Crippen LogP contribution >= 0.6 is 39.1 Å². The number of hydrogen-bond donors (Lipinski definition) is 1. The minimum Gasteiger partial charge on any atom is -0.306 e. The van der Waals surface area contributed by atoms with Crippen LogP contribution in [0.15, 0.2) is 65.5 Å². The molecule has 2 aromatic carbocycles. The number of nitrogens with zero attached hydrogens (tertiary/aromatic N) is 6. The van der Waals surface area contributed by atoms with E-state index in [-0.39, 0.29) is 5.91 Å². The molecule has 11 heteroatoms. The fraction of sp³-hybridized carbons (Fsp3) is 0.0455. The summed E-state index contributed by atoms with van der Waals surface area (Å²) in [5.41, 5.74) is 2.36. The van der Waals surface area contributed by atoms with Crippen molar-refractivity contribution in [2.75, 3.05) is 5.32 Å². The molecule has 33 heavy (non-hydrogen) atoms. The summed E-state index contributed by atoms with van der Waals surface area (Å²) in [6.45, 7) is 1.83. The Morgan fingerprint density at radius 2 is 1.91 bits per heavy atom. The second-order valence-corrected chi connectivity index (χ2v) is 8.89. The minimum atomic E-state index is -0.373. The summed E-state index contributed by atoms with van der Waals surface area (Å²) < 4.78 is 3.96. The summed E-state index contributed by atoms with van der Waals surface area (Å²) in [5.74, 6) is 0.531. The van der Waals surface area contributed by atoms with Crippen molar-refractivity contribution in [3.05, 3.63) is 86.8 Å². The number of halogens is 3. The number of hydrogen-bond acceptors (Lipinski definition) is 5. The number of anilines is 1. The van der Waals surface area contributed by atoms with E-state index >= 15 is 0 Å². The van der Waals surface area contributed by atoms with Crippen molar-refractivity contribution in [2.24, 2.45) is 0 Å². The average molecular weight is 543 g/mol. The molecule has 0 aliphatic heterocycles. The summed E-state index contributed by atoms with van der Waals surface area (Å²) in [6, 6.07) is 14.1. The van der Waals surface area contributed by atoms with Gasteiger partial charge in [-0.1, -0.05) is 45.2 Å². The molecule has 0 fully saturated rings. The standard InChI is InChI=1S/C22H14BrCl2N7O/c1-12-7-19(29-22(33)16-8-13(23)5-6-18(16)25)32(30-12)21-17-10-28-31(20(17)26-11-27-21)15-4-2-3-14(24)9-15/h2-11H,1H3,(H,29,33). The van der Waals surface area contributed by atoms with Crippen LogP contribution in [0.1, 0.15) is 16.1 Å². The number of amides is 1. The molecule has 5 aromatic rings. The van der Waals surface area contributed by atoms with Crippen molar-refractivity contribution in [1.29, 1.82) is 0 Å². The SMILES string of the molecule is Cc1cc(NC(=O)c2cc(Br)ccc2Cl)n(-c2ncnc3c2cnn3-c2cccc(Cl)c2)n1. The lowest BCUT2D eigenvalue weighted by Gasteiger charge is -2.10. The summed E-state index contributed by atoms with van der Waals surface area (Å²) in [5, 5.41) is 13.4. The smallest absolute Gasteiger partial charge is 0.258 e. The van der Waals surface area contributed by atoms with Gasteiger partial charge in [-0.3, -0.25) is 4.79 Å². The molecule has 3 aromatic heterocycles. The zero-order valence-corrected chi connectivity index (χ0v) is 20.1. The van der Waals surface area contributed by atoms with Gasteiger partial charge in [0.25, 0.3) is 5.91 Å². The highest BCUT2D eigenvalue weighted by Gasteiger charge is 2.19. The molecule has 0 unspecified atom stereocenters. The zero-order chi connectivity index (χ0) is 23.1. The van der Waals surface area contributed by atoms with Crippen molar-refractivity contribution in [3.63, 3.8) is 0 Å². The van der Waals surface area contributed by atoms with E-state index in [0.29, 0.717) is 44.0 Å². The highest BCUT2D eigenvalue weighted by molar-refractivity contribution is 9.10. The topological polar surface area (TPSA) is 90.5 Å². The molecule has 5 rings (SSSR count). The van der Waals surface area contributed by atoms with Crippen molar-refractivity contribution in [2.45, 2.75) is 6.92 Å². The van der Waals surface area contributed by atoms with Crippen LogP contribution in [0, 0.1) is 6.92 Å². The number of carbonyl (C=O) groups excluding carboxylic acids is 1. The lowest BCUT2D eigenvalue weighted by Crippen LogP contribution is -2.16. The van der Waals surface area contributed by atoms with E-state index in [0.717, 1.165) is 10.2 Å². The molecule has 8 nitrogen and oxygen atoms in total.